The van der Waals surface area contributed by atoms with Crippen LogP contribution in [-0.2, 0) is 28.9 Å². The average Bonchev–Trinajstić information content (AvgIpc) is 3.32. The Morgan fingerprint density at radius 2 is 2.03 bits per heavy atom. The van der Waals surface area contributed by atoms with Crippen LogP contribution in [0.2, 0.25) is 0 Å². The highest BCUT2D eigenvalue weighted by molar-refractivity contribution is 7.17. The van der Waals surface area contributed by atoms with Crippen molar-refractivity contribution in [2.24, 2.45) is 5.92 Å². The lowest BCUT2D eigenvalue weighted by atomic mass is 9.81. The van der Waals surface area contributed by atoms with E-state index >= 15 is 0 Å². The van der Waals surface area contributed by atoms with E-state index in [1.165, 1.54) is 34.8 Å². The number of aliphatic hydroxyl groups is 1. The lowest BCUT2D eigenvalue weighted by Gasteiger charge is -2.34. The predicted molar refractivity (Wildman–Crippen MR) is 115 cm³/mol. The number of hydrogen-bond donors (Lipinski definition) is 2. The van der Waals surface area contributed by atoms with Gasteiger partial charge in [-0.05, 0) is 31.4 Å². The zero-order chi connectivity index (χ0) is 22.9. The summed E-state index contributed by atoms with van der Waals surface area (Å²) < 4.78 is 44.8. The molecule has 0 radical (unpaired) electrons. The number of aromatic nitrogens is 2. The van der Waals surface area contributed by atoms with Gasteiger partial charge in [0.1, 0.15) is 5.01 Å². The minimum Gasteiger partial charge on any atom is -0.389 e. The van der Waals surface area contributed by atoms with Gasteiger partial charge in [0.15, 0.2) is 5.13 Å². The van der Waals surface area contributed by atoms with E-state index in [-0.39, 0.29) is 36.7 Å². The molecule has 1 aliphatic rings. The molecule has 0 bridgehead atoms. The maximum atomic E-state index is 13.1. The van der Waals surface area contributed by atoms with Crippen LogP contribution < -0.4 is 5.32 Å². The summed E-state index contributed by atoms with van der Waals surface area (Å²) in [5, 5.41) is 14.9. The van der Waals surface area contributed by atoms with Gasteiger partial charge < -0.3 is 15.2 Å². The number of thiazole rings is 2. The topological polar surface area (TPSA) is 84.3 Å². The zero-order valence-corrected chi connectivity index (χ0v) is 18.6. The maximum absolute atomic E-state index is 13.1. The molecule has 3 aromatic rings. The Bertz CT molecular complexity index is 1110. The van der Waals surface area contributed by atoms with E-state index in [0.717, 1.165) is 16.6 Å². The standard InChI is InChI=1S/C21H20F3N3O3S2/c1-11-18(32-17(8-28)25-11)16-10-31-20(26-16)27-19(29)13-6-14(7-13)30-9-12-4-2-3-5-15(12)21(22,23)24/h2-5,10,13-14,28H,6-9H2,1H3,(H,26,27,29)/t13-,14+. The van der Waals surface area contributed by atoms with Crippen LogP contribution in [0.5, 0.6) is 0 Å². The van der Waals surface area contributed by atoms with E-state index in [4.69, 9.17) is 4.74 Å². The van der Waals surface area contributed by atoms with Crippen molar-refractivity contribution in [2.75, 3.05) is 5.32 Å². The first kappa shape index (κ1) is 22.8. The third-order valence-electron chi connectivity index (χ3n) is 5.21. The van der Waals surface area contributed by atoms with Crippen LogP contribution in [0, 0.1) is 12.8 Å². The number of halogens is 3. The SMILES string of the molecule is Cc1nc(CO)sc1-c1csc(NC(=O)[C@H]2C[C@@H](OCc3ccccc3C(F)(F)F)C2)n1. The Balaban J connectivity index is 1.28. The second-order valence-electron chi connectivity index (χ2n) is 7.46. The Hall–Kier alpha value is -2.34. The van der Waals surface area contributed by atoms with Crippen molar-refractivity contribution in [1.82, 2.24) is 9.97 Å². The van der Waals surface area contributed by atoms with E-state index in [1.54, 1.807) is 6.07 Å². The highest BCUT2D eigenvalue weighted by Gasteiger charge is 2.37. The number of carbonyl (C=O) groups excluding carboxylic acids is 1. The lowest BCUT2D eigenvalue weighted by molar-refractivity contribution is -0.140. The van der Waals surface area contributed by atoms with Gasteiger partial charge in [-0.2, -0.15) is 13.2 Å². The smallest absolute Gasteiger partial charge is 0.389 e. The number of hydrogen-bond acceptors (Lipinski definition) is 7. The molecule has 0 saturated heterocycles. The van der Waals surface area contributed by atoms with Crippen molar-refractivity contribution in [3.05, 3.63) is 51.5 Å². The molecule has 0 unspecified atom stereocenters. The molecule has 1 aliphatic carbocycles. The summed E-state index contributed by atoms with van der Waals surface area (Å²) in [5.41, 5.74) is 0.855. The second kappa shape index (κ2) is 9.26. The largest absolute Gasteiger partial charge is 0.416 e. The number of amides is 1. The molecule has 32 heavy (non-hydrogen) atoms. The fraction of sp³-hybridized carbons (Fsp3) is 0.381. The molecule has 2 heterocycles. The first-order valence-electron chi connectivity index (χ1n) is 9.85. The number of aryl methyl sites for hydroxylation is 1. The van der Waals surface area contributed by atoms with Gasteiger partial charge in [0.25, 0.3) is 0 Å². The number of anilines is 1. The van der Waals surface area contributed by atoms with Crippen LogP contribution in [-0.4, -0.2) is 27.1 Å². The predicted octanol–water partition coefficient (Wildman–Crippen LogP) is 5.02. The van der Waals surface area contributed by atoms with Gasteiger partial charge in [0, 0.05) is 11.3 Å². The molecular weight excluding hydrogens is 463 g/mol. The van der Waals surface area contributed by atoms with E-state index in [1.807, 2.05) is 12.3 Å². The molecule has 1 saturated carbocycles. The number of nitrogens with one attached hydrogen (secondary N) is 1. The fourth-order valence-electron chi connectivity index (χ4n) is 3.45. The van der Waals surface area contributed by atoms with Crippen molar-refractivity contribution in [3.8, 4) is 10.6 Å². The number of rotatable bonds is 7. The minimum atomic E-state index is -4.42. The van der Waals surface area contributed by atoms with Gasteiger partial charge in [0.05, 0.1) is 41.1 Å². The van der Waals surface area contributed by atoms with E-state index < -0.39 is 11.7 Å². The summed E-state index contributed by atoms with van der Waals surface area (Å²) >= 11 is 2.65. The maximum Gasteiger partial charge on any atom is 0.416 e. The normalized spacial score (nSPS) is 18.4. The highest BCUT2D eigenvalue weighted by Crippen LogP contribution is 2.36. The van der Waals surface area contributed by atoms with E-state index in [9.17, 15) is 23.1 Å². The van der Waals surface area contributed by atoms with Gasteiger partial charge in [-0.1, -0.05) is 18.2 Å². The van der Waals surface area contributed by atoms with Gasteiger partial charge in [-0.25, -0.2) is 9.97 Å². The van der Waals surface area contributed by atoms with Crippen LogP contribution in [0.1, 0.15) is 34.7 Å². The fourth-order valence-corrected chi connectivity index (χ4v) is 5.11. The van der Waals surface area contributed by atoms with Crippen molar-refractivity contribution < 1.29 is 27.8 Å². The minimum absolute atomic E-state index is 0.0888. The Morgan fingerprint density at radius 3 is 2.72 bits per heavy atom. The summed E-state index contributed by atoms with van der Waals surface area (Å²) in [7, 11) is 0. The summed E-state index contributed by atoms with van der Waals surface area (Å²) in [6.07, 6.45) is -3.78. The Labute approximate surface area is 190 Å². The van der Waals surface area contributed by atoms with E-state index in [2.05, 4.69) is 15.3 Å². The Kier molecular flexibility index (Phi) is 6.61. The van der Waals surface area contributed by atoms with Gasteiger partial charge >= 0.3 is 6.18 Å². The van der Waals surface area contributed by atoms with Crippen molar-refractivity contribution in [2.45, 2.75) is 45.3 Å². The molecule has 6 nitrogen and oxygen atoms in total. The first-order valence-corrected chi connectivity index (χ1v) is 11.5. The van der Waals surface area contributed by atoms with Crippen LogP contribution in [0.3, 0.4) is 0 Å². The van der Waals surface area contributed by atoms with Crippen LogP contribution in [0.25, 0.3) is 10.6 Å². The molecule has 170 valence electrons. The van der Waals surface area contributed by atoms with Crippen LogP contribution in [0.15, 0.2) is 29.6 Å². The zero-order valence-electron chi connectivity index (χ0n) is 17.0. The molecule has 11 heteroatoms. The molecular formula is C21H20F3N3O3S2. The number of aliphatic hydroxyl groups excluding tert-OH is 1. The van der Waals surface area contributed by atoms with Crippen LogP contribution >= 0.6 is 22.7 Å². The first-order chi connectivity index (χ1) is 15.2. The molecule has 0 spiro atoms. The van der Waals surface area contributed by atoms with Crippen molar-refractivity contribution in [3.63, 3.8) is 0 Å². The van der Waals surface area contributed by atoms with E-state index in [0.29, 0.717) is 28.7 Å². The molecule has 4 rings (SSSR count). The van der Waals surface area contributed by atoms with Gasteiger partial charge in [-0.3, -0.25) is 4.79 Å². The molecule has 1 amide bonds. The molecule has 2 aromatic heterocycles. The number of alkyl halides is 3. The summed E-state index contributed by atoms with van der Waals surface area (Å²) in [4.78, 5) is 22.0. The third kappa shape index (κ3) is 5.01. The third-order valence-corrected chi connectivity index (χ3v) is 7.13. The number of ether oxygens (including phenoxy) is 1. The second-order valence-corrected chi connectivity index (χ2v) is 9.41. The lowest BCUT2D eigenvalue weighted by Crippen LogP contribution is -2.39. The van der Waals surface area contributed by atoms with Crippen molar-refractivity contribution in [1.29, 1.82) is 0 Å². The van der Waals surface area contributed by atoms with Crippen LogP contribution in [0.4, 0.5) is 18.3 Å². The molecule has 0 aliphatic heterocycles. The average molecular weight is 484 g/mol. The molecule has 1 fully saturated rings. The highest BCUT2D eigenvalue weighted by atomic mass is 32.1. The van der Waals surface area contributed by atoms with Gasteiger partial charge in [0.2, 0.25) is 5.91 Å². The molecule has 2 N–H and O–H groups in total. The molecule has 1 aromatic carbocycles. The number of benzene rings is 1. The van der Waals surface area contributed by atoms with Crippen molar-refractivity contribution >= 4 is 33.7 Å². The molecule has 0 atom stereocenters. The monoisotopic (exact) mass is 483 g/mol. The quantitative estimate of drug-likeness (QED) is 0.493. The summed E-state index contributed by atoms with van der Waals surface area (Å²) in [6.45, 7) is 1.56. The summed E-state index contributed by atoms with van der Waals surface area (Å²) in [5.74, 6) is -0.449. The number of nitrogens with zero attached hydrogens (tertiary/aromatic N) is 2. The summed E-state index contributed by atoms with van der Waals surface area (Å²) in [6, 6.07) is 5.34. The number of carbonyl (C=O) groups is 1. The van der Waals surface area contributed by atoms with Gasteiger partial charge in [-0.15, -0.1) is 22.7 Å². The Morgan fingerprint density at radius 1 is 1.28 bits per heavy atom.